The summed E-state index contributed by atoms with van der Waals surface area (Å²) >= 11 is 0. The summed E-state index contributed by atoms with van der Waals surface area (Å²) in [5.41, 5.74) is -0.358. The van der Waals surface area contributed by atoms with Crippen LogP contribution in [0.4, 0.5) is 0 Å². The SMILES string of the molecule is CCCC1NC(C)(CC)C(=O)N1C(C)C(C)C. The van der Waals surface area contributed by atoms with Gasteiger partial charge in [0.25, 0.3) is 0 Å². The zero-order chi connectivity index (χ0) is 13.2. The summed E-state index contributed by atoms with van der Waals surface area (Å²) < 4.78 is 0. The minimum Gasteiger partial charge on any atom is -0.323 e. The fraction of sp³-hybridized carbons (Fsp3) is 0.929. The van der Waals surface area contributed by atoms with Crippen LogP contribution in [0.3, 0.4) is 0 Å². The average Bonchev–Trinajstić information content (AvgIpc) is 2.52. The Morgan fingerprint density at radius 2 is 1.94 bits per heavy atom. The number of carbonyl (C=O) groups is 1. The maximum Gasteiger partial charge on any atom is 0.244 e. The van der Waals surface area contributed by atoms with E-state index in [4.69, 9.17) is 0 Å². The molecule has 3 atom stereocenters. The third-order valence-corrected chi connectivity index (χ3v) is 4.20. The van der Waals surface area contributed by atoms with Crippen LogP contribution in [-0.4, -0.2) is 28.6 Å². The van der Waals surface area contributed by atoms with Crippen molar-refractivity contribution in [2.45, 2.75) is 78.6 Å². The van der Waals surface area contributed by atoms with Crippen LogP contribution in [0.25, 0.3) is 0 Å². The minimum atomic E-state index is -0.358. The lowest BCUT2D eigenvalue weighted by atomic mass is 9.97. The summed E-state index contributed by atoms with van der Waals surface area (Å²) in [6.45, 7) is 12.8. The molecule has 1 aliphatic heterocycles. The highest BCUT2D eigenvalue weighted by molar-refractivity contribution is 5.88. The predicted molar refractivity (Wildman–Crippen MR) is 71.7 cm³/mol. The number of hydrogen-bond donors (Lipinski definition) is 1. The van der Waals surface area contributed by atoms with E-state index in [0.717, 1.165) is 19.3 Å². The van der Waals surface area contributed by atoms with Crippen molar-refractivity contribution in [2.24, 2.45) is 5.92 Å². The van der Waals surface area contributed by atoms with Crippen molar-refractivity contribution < 1.29 is 4.79 Å². The molecule has 1 rings (SSSR count). The Morgan fingerprint density at radius 3 is 2.35 bits per heavy atom. The molecule has 1 fully saturated rings. The van der Waals surface area contributed by atoms with E-state index in [2.05, 4.69) is 44.8 Å². The molecule has 0 saturated carbocycles. The molecule has 1 N–H and O–H groups in total. The maximum atomic E-state index is 12.6. The number of rotatable bonds is 5. The summed E-state index contributed by atoms with van der Waals surface area (Å²) in [5.74, 6) is 0.777. The van der Waals surface area contributed by atoms with Gasteiger partial charge in [-0.05, 0) is 32.6 Å². The number of hydrogen-bond acceptors (Lipinski definition) is 2. The number of nitrogens with zero attached hydrogens (tertiary/aromatic N) is 1. The van der Waals surface area contributed by atoms with Crippen LogP contribution in [-0.2, 0) is 4.79 Å². The van der Waals surface area contributed by atoms with Crippen molar-refractivity contribution in [2.75, 3.05) is 0 Å². The molecule has 0 bridgehead atoms. The molecule has 17 heavy (non-hydrogen) atoms. The third-order valence-electron chi connectivity index (χ3n) is 4.20. The molecular weight excluding hydrogens is 212 g/mol. The van der Waals surface area contributed by atoms with E-state index >= 15 is 0 Å². The standard InChI is InChI=1S/C14H28N2O/c1-7-9-12-15-14(6,8-2)13(17)16(12)11(5)10(3)4/h10-12,15H,7-9H2,1-6H3. The maximum absolute atomic E-state index is 12.6. The third kappa shape index (κ3) is 2.65. The molecule has 0 radical (unpaired) electrons. The van der Waals surface area contributed by atoms with Gasteiger partial charge in [-0.2, -0.15) is 0 Å². The highest BCUT2D eigenvalue weighted by Gasteiger charge is 2.48. The lowest BCUT2D eigenvalue weighted by Gasteiger charge is -2.33. The zero-order valence-electron chi connectivity index (χ0n) is 12.2. The molecule has 3 unspecified atom stereocenters. The molecule has 0 aromatic rings. The van der Waals surface area contributed by atoms with Gasteiger partial charge in [-0.3, -0.25) is 10.1 Å². The Labute approximate surface area is 106 Å². The van der Waals surface area contributed by atoms with Crippen molar-refractivity contribution in [3.63, 3.8) is 0 Å². The first-order valence-electron chi connectivity index (χ1n) is 6.97. The smallest absolute Gasteiger partial charge is 0.244 e. The Morgan fingerprint density at radius 1 is 1.35 bits per heavy atom. The van der Waals surface area contributed by atoms with Crippen LogP contribution in [0.1, 0.15) is 60.8 Å². The van der Waals surface area contributed by atoms with Gasteiger partial charge in [0, 0.05) is 6.04 Å². The molecule has 1 aliphatic rings. The monoisotopic (exact) mass is 240 g/mol. The minimum absolute atomic E-state index is 0.217. The Balaban J connectivity index is 2.94. The normalized spacial score (nSPS) is 31.4. The molecule has 1 amide bonds. The van der Waals surface area contributed by atoms with Crippen LogP contribution in [0.2, 0.25) is 0 Å². The first-order chi connectivity index (χ1) is 7.87. The van der Waals surface area contributed by atoms with Gasteiger partial charge in [-0.25, -0.2) is 0 Å². The van der Waals surface area contributed by atoms with Gasteiger partial charge < -0.3 is 4.90 Å². The first-order valence-corrected chi connectivity index (χ1v) is 6.97. The Hall–Kier alpha value is -0.570. The van der Waals surface area contributed by atoms with Crippen molar-refractivity contribution >= 4 is 5.91 Å². The van der Waals surface area contributed by atoms with E-state index in [9.17, 15) is 4.79 Å². The van der Waals surface area contributed by atoms with E-state index in [1.165, 1.54) is 0 Å². The van der Waals surface area contributed by atoms with Crippen LogP contribution in [0.15, 0.2) is 0 Å². The van der Waals surface area contributed by atoms with Gasteiger partial charge in [0.1, 0.15) is 0 Å². The van der Waals surface area contributed by atoms with Gasteiger partial charge in [-0.15, -0.1) is 0 Å². The van der Waals surface area contributed by atoms with E-state index < -0.39 is 0 Å². The molecule has 3 nitrogen and oxygen atoms in total. The summed E-state index contributed by atoms with van der Waals surface area (Å²) in [4.78, 5) is 14.6. The molecule has 3 heteroatoms. The lowest BCUT2D eigenvalue weighted by Crippen LogP contribution is -2.46. The Bertz CT molecular complexity index is 277. The molecule has 100 valence electrons. The molecule has 1 heterocycles. The molecular formula is C14H28N2O. The van der Waals surface area contributed by atoms with Crippen LogP contribution in [0.5, 0.6) is 0 Å². The van der Waals surface area contributed by atoms with Crippen LogP contribution in [0, 0.1) is 5.92 Å². The second-order valence-corrected chi connectivity index (χ2v) is 5.83. The van der Waals surface area contributed by atoms with Crippen LogP contribution >= 0.6 is 0 Å². The van der Waals surface area contributed by atoms with Crippen molar-refractivity contribution in [3.05, 3.63) is 0 Å². The van der Waals surface area contributed by atoms with Gasteiger partial charge in [0.15, 0.2) is 0 Å². The van der Waals surface area contributed by atoms with E-state index in [1.807, 2.05) is 6.92 Å². The van der Waals surface area contributed by atoms with Crippen molar-refractivity contribution in [1.29, 1.82) is 0 Å². The summed E-state index contributed by atoms with van der Waals surface area (Å²) in [6.07, 6.45) is 3.22. The fourth-order valence-electron chi connectivity index (χ4n) is 2.45. The van der Waals surface area contributed by atoms with Crippen molar-refractivity contribution in [1.82, 2.24) is 10.2 Å². The number of nitrogens with one attached hydrogen (secondary N) is 1. The molecule has 0 spiro atoms. The summed E-state index contributed by atoms with van der Waals surface area (Å²) in [5, 5.41) is 3.53. The zero-order valence-corrected chi connectivity index (χ0v) is 12.2. The largest absolute Gasteiger partial charge is 0.323 e. The summed E-state index contributed by atoms with van der Waals surface area (Å²) in [6, 6.07) is 0.305. The van der Waals surface area contributed by atoms with E-state index in [0.29, 0.717) is 12.0 Å². The second-order valence-electron chi connectivity index (χ2n) is 5.83. The first kappa shape index (κ1) is 14.5. The average molecular weight is 240 g/mol. The highest BCUT2D eigenvalue weighted by atomic mass is 16.2. The van der Waals surface area contributed by atoms with Gasteiger partial charge in [0.05, 0.1) is 11.7 Å². The second kappa shape index (κ2) is 5.38. The van der Waals surface area contributed by atoms with Gasteiger partial charge in [0.2, 0.25) is 5.91 Å². The quantitative estimate of drug-likeness (QED) is 0.801. The van der Waals surface area contributed by atoms with Crippen molar-refractivity contribution in [3.8, 4) is 0 Å². The highest BCUT2D eigenvalue weighted by Crippen LogP contribution is 2.29. The van der Waals surface area contributed by atoms with Crippen LogP contribution < -0.4 is 5.32 Å². The molecule has 0 aromatic heterocycles. The number of amides is 1. The van der Waals surface area contributed by atoms with Gasteiger partial charge in [-0.1, -0.05) is 34.1 Å². The molecule has 0 aliphatic carbocycles. The molecule has 1 saturated heterocycles. The van der Waals surface area contributed by atoms with E-state index in [-0.39, 0.29) is 17.6 Å². The van der Waals surface area contributed by atoms with Gasteiger partial charge >= 0.3 is 0 Å². The topological polar surface area (TPSA) is 32.3 Å². The molecule has 0 aromatic carbocycles. The number of carbonyl (C=O) groups excluding carboxylic acids is 1. The Kier molecular flexibility index (Phi) is 4.59. The predicted octanol–water partition coefficient (Wildman–Crippen LogP) is 2.76. The summed E-state index contributed by atoms with van der Waals surface area (Å²) in [7, 11) is 0. The lowest BCUT2D eigenvalue weighted by molar-refractivity contribution is -0.135. The fourth-order valence-corrected chi connectivity index (χ4v) is 2.45. The van der Waals surface area contributed by atoms with E-state index in [1.54, 1.807) is 0 Å².